The minimum atomic E-state index is -0.255. The number of benzene rings is 3. The summed E-state index contributed by atoms with van der Waals surface area (Å²) in [5.41, 5.74) is 4.97. The topological polar surface area (TPSA) is 60.7 Å². The molecule has 3 heteroatoms. The standard InChI is InChI=1S/C31H36O3/c32-26-18-8-7-15-23(26)31(24-16-9-19-27(33)29(24)21-11-3-1-4-12-21)25-17-10-20-28(34)30(25)22-13-5-2-6-14-22/h7-10,15-22,31-34H,1-6,11-14H2. The van der Waals surface area contributed by atoms with E-state index in [0.717, 1.165) is 53.5 Å². The molecular formula is C31H36O3. The third-order valence-corrected chi connectivity index (χ3v) is 8.13. The van der Waals surface area contributed by atoms with E-state index in [9.17, 15) is 15.3 Å². The monoisotopic (exact) mass is 456 g/mol. The molecule has 0 unspecified atom stereocenters. The molecule has 5 rings (SSSR count). The lowest BCUT2D eigenvalue weighted by molar-refractivity contribution is 0.407. The van der Waals surface area contributed by atoms with Crippen LogP contribution in [0.2, 0.25) is 0 Å². The molecule has 0 bridgehead atoms. The zero-order chi connectivity index (χ0) is 23.5. The molecule has 0 amide bonds. The molecule has 3 aromatic rings. The molecule has 2 aliphatic rings. The summed E-state index contributed by atoms with van der Waals surface area (Å²) in [5, 5.41) is 33.3. The Hall–Kier alpha value is -2.94. The Morgan fingerprint density at radius 1 is 0.471 bits per heavy atom. The van der Waals surface area contributed by atoms with E-state index in [0.29, 0.717) is 23.3 Å². The van der Waals surface area contributed by atoms with Gasteiger partial charge in [-0.2, -0.15) is 0 Å². The Morgan fingerprint density at radius 2 is 0.882 bits per heavy atom. The van der Waals surface area contributed by atoms with Gasteiger partial charge in [-0.15, -0.1) is 0 Å². The van der Waals surface area contributed by atoms with E-state index in [1.807, 2.05) is 30.3 Å². The van der Waals surface area contributed by atoms with E-state index >= 15 is 0 Å². The van der Waals surface area contributed by atoms with Gasteiger partial charge in [0, 0.05) is 22.6 Å². The Morgan fingerprint density at radius 3 is 1.35 bits per heavy atom. The van der Waals surface area contributed by atoms with E-state index in [-0.39, 0.29) is 11.7 Å². The number of hydrogen-bond donors (Lipinski definition) is 3. The maximum absolute atomic E-state index is 11.1. The maximum atomic E-state index is 11.1. The molecular weight excluding hydrogens is 420 g/mol. The summed E-state index contributed by atoms with van der Waals surface area (Å²) >= 11 is 0. The summed E-state index contributed by atoms with van der Waals surface area (Å²) in [6.07, 6.45) is 11.5. The van der Waals surface area contributed by atoms with Gasteiger partial charge in [-0.1, -0.05) is 81.0 Å². The van der Waals surface area contributed by atoms with Crippen LogP contribution in [0.1, 0.15) is 110 Å². The van der Waals surface area contributed by atoms with Crippen molar-refractivity contribution in [3.63, 3.8) is 0 Å². The summed E-state index contributed by atoms with van der Waals surface area (Å²) in [6, 6.07) is 19.3. The van der Waals surface area contributed by atoms with Gasteiger partial charge in [0.1, 0.15) is 17.2 Å². The highest BCUT2D eigenvalue weighted by molar-refractivity contribution is 5.58. The molecule has 3 N–H and O–H groups in total. The number of phenols is 3. The van der Waals surface area contributed by atoms with Crippen LogP contribution in [0.4, 0.5) is 0 Å². The predicted molar refractivity (Wildman–Crippen MR) is 137 cm³/mol. The van der Waals surface area contributed by atoms with Crippen molar-refractivity contribution < 1.29 is 15.3 Å². The first kappa shape index (κ1) is 22.8. The smallest absolute Gasteiger partial charge is 0.119 e. The third-order valence-electron chi connectivity index (χ3n) is 8.13. The summed E-state index contributed by atoms with van der Waals surface area (Å²) in [5.74, 6) is 1.33. The van der Waals surface area contributed by atoms with Gasteiger partial charge in [0.05, 0.1) is 0 Å². The lowest BCUT2D eigenvalue weighted by atomic mass is 9.72. The molecule has 0 atom stereocenters. The van der Waals surface area contributed by atoms with E-state index in [4.69, 9.17) is 0 Å². The van der Waals surface area contributed by atoms with Crippen LogP contribution in [-0.2, 0) is 0 Å². The first-order valence-corrected chi connectivity index (χ1v) is 13.1. The Labute approximate surface area is 203 Å². The van der Waals surface area contributed by atoms with E-state index < -0.39 is 0 Å². The van der Waals surface area contributed by atoms with Crippen LogP contribution in [0.25, 0.3) is 0 Å². The van der Waals surface area contributed by atoms with Gasteiger partial charge in [-0.3, -0.25) is 0 Å². The number of hydrogen-bond acceptors (Lipinski definition) is 3. The largest absolute Gasteiger partial charge is 0.508 e. The number of para-hydroxylation sites is 1. The number of aromatic hydroxyl groups is 3. The van der Waals surface area contributed by atoms with Crippen molar-refractivity contribution in [2.24, 2.45) is 0 Å². The first-order valence-electron chi connectivity index (χ1n) is 13.1. The fraction of sp³-hybridized carbons (Fsp3) is 0.419. The van der Waals surface area contributed by atoms with E-state index in [2.05, 4.69) is 12.1 Å². The van der Waals surface area contributed by atoms with Crippen molar-refractivity contribution in [3.8, 4) is 17.2 Å². The number of phenolic OH excluding ortho intramolecular Hbond substituents is 3. The van der Waals surface area contributed by atoms with Gasteiger partial charge < -0.3 is 15.3 Å². The van der Waals surface area contributed by atoms with Crippen LogP contribution in [0.15, 0.2) is 60.7 Å². The van der Waals surface area contributed by atoms with Crippen LogP contribution >= 0.6 is 0 Å². The van der Waals surface area contributed by atoms with E-state index in [1.165, 1.54) is 38.5 Å². The van der Waals surface area contributed by atoms with Crippen molar-refractivity contribution in [1.82, 2.24) is 0 Å². The molecule has 34 heavy (non-hydrogen) atoms. The van der Waals surface area contributed by atoms with Crippen molar-refractivity contribution in [2.75, 3.05) is 0 Å². The number of rotatable bonds is 5. The zero-order valence-corrected chi connectivity index (χ0v) is 19.9. The minimum Gasteiger partial charge on any atom is -0.508 e. The van der Waals surface area contributed by atoms with Crippen LogP contribution in [-0.4, -0.2) is 15.3 Å². The highest BCUT2D eigenvalue weighted by atomic mass is 16.3. The lowest BCUT2D eigenvalue weighted by Gasteiger charge is -2.32. The zero-order valence-electron chi connectivity index (χ0n) is 19.9. The Bertz CT molecular complexity index is 1060. The fourth-order valence-corrected chi connectivity index (χ4v) is 6.55. The quantitative estimate of drug-likeness (QED) is 0.340. The van der Waals surface area contributed by atoms with Crippen LogP contribution < -0.4 is 0 Å². The lowest BCUT2D eigenvalue weighted by Crippen LogP contribution is -2.15. The summed E-state index contributed by atoms with van der Waals surface area (Å²) in [6.45, 7) is 0. The molecule has 0 aromatic heterocycles. The normalized spacial score (nSPS) is 17.8. The maximum Gasteiger partial charge on any atom is 0.119 e. The second kappa shape index (κ2) is 10.1. The molecule has 0 aliphatic heterocycles. The molecule has 178 valence electrons. The van der Waals surface area contributed by atoms with Crippen molar-refractivity contribution in [3.05, 3.63) is 88.5 Å². The Balaban J connectivity index is 1.74. The van der Waals surface area contributed by atoms with E-state index in [1.54, 1.807) is 18.2 Å². The van der Waals surface area contributed by atoms with Gasteiger partial charge >= 0.3 is 0 Å². The highest BCUT2D eigenvalue weighted by Gasteiger charge is 2.32. The fourth-order valence-electron chi connectivity index (χ4n) is 6.55. The SMILES string of the molecule is Oc1ccccc1C(c1cccc(O)c1C1CCCCC1)c1cccc(O)c1C1CCCCC1. The van der Waals surface area contributed by atoms with Gasteiger partial charge in [-0.05, 0) is 66.8 Å². The summed E-state index contributed by atoms with van der Waals surface area (Å²) in [4.78, 5) is 0. The third kappa shape index (κ3) is 4.41. The van der Waals surface area contributed by atoms with Crippen LogP contribution in [0, 0.1) is 0 Å². The second-order valence-electron chi connectivity index (χ2n) is 10.2. The molecule has 3 aromatic carbocycles. The average Bonchev–Trinajstić information content (AvgIpc) is 2.87. The molecule has 0 radical (unpaired) electrons. The molecule has 2 fully saturated rings. The second-order valence-corrected chi connectivity index (χ2v) is 10.2. The molecule has 2 aliphatic carbocycles. The van der Waals surface area contributed by atoms with Crippen molar-refractivity contribution in [2.45, 2.75) is 82.0 Å². The molecule has 3 nitrogen and oxygen atoms in total. The average molecular weight is 457 g/mol. The first-order chi connectivity index (χ1) is 16.6. The molecule has 0 spiro atoms. The van der Waals surface area contributed by atoms with Gasteiger partial charge in [0.2, 0.25) is 0 Å². The van der Waals surface area contributed by atoms with Crippen molar-refractivity contribution >= 4 is 0 Å². The molecule has 0 saturated heterocycles. The minimum absolute atomic E-state index is 0.253. The summed E-state index contributed by atoms with van der Waals surface area (Å²) < 4.78 is 0. The Kier molecular flexibility index (Phi) is 6.80. The highest BCUT2D eigenvalue weighted by Crippen LogP contribution is 2.49. The van der Waals surface area contributed by atoms with Crippen LogP contribution in [0.3, 0.4) is 0 Å². The van der Waals surface area contributed by atoms with Gasteiger partial charge in [0.25, 0.3) is 0 Å². The van der Waals surface area contributed by atoms with Gasteiger partial charge in [-0.25, -0.2) is 0 Å². The van der Waals surface area contributed by atoms with Crippen LogP contribution in [0.5, 0.6) is 17.2 Å². The summed E-state index contributed by atoms with van der Waals surface area (Å²) in [7, 11) is 0. The molecule has 0 heterocycles. The van der Waals surface area contributed by atoms with Gasteiger partial charge in [0.15, 0.2) is 0 Å². The predicted octanol–water partition coefficient (Wildman–Crippen LogP) is 8.08. The molecule has 2 saturated carbocycles. The van der Waals surface area contributed by atoms with Crippen molar-refractivity contribution in [1.29, 1.82) is 0 Å².